The SMILES string of the molecule is CC(C)n1nnnc1SCC(=O)N(C)Cc1ccc(N(C)C)cc1. The van der Waals surface area contributed by atoms with Crippen LogP contribution in [0.25, 0.3) is 0 Å². The Morgan fingerprint density at radius 1 is 1.21 bits per heavy atom. The molecule has 0 N–H and O–H groups in total. The predicted octanol–water partition coefficient (Wildman–Crippen LogP) is 2.07. The van der Waals surface area contributed by atoms with Crippen molar-refractivity contribution in [2.24, 2.45) is 0 Å². The summed E-state index contributed by atoms with van der Waals surface area (Å²) in [5, 5.41) is 12.2. The summed E-state index contributed by atoms with van der Waals surface area (Å²) in [5.74, 6) is 0.370. The molecule has 1 heterocycles. The number of nitrogens with zero attached hydrogens (tertiary/aromatic N) is 6. The van der Waals surface area contributed by atoms with Crippen LogP contribution in [0.2, 0.25) is 0 Å². The van der Waals surface area contributed by atoms with Gasteiger partial charge < -0.3 is 9.80 Å². The average Bonchev–Trinajstić information content (AvgIpc) is 3.01. The van der Waals surface area contributed by atoms with E-state index in [0.717, 1.165) is 11.3 Å². The Morgan fingerprint density at radius 2 is 1.88 bits per heavy atom. The van der Waals surface area contributed by atoms with Gasteiger partial charge in [0.25, 0.3) is 0 Å². The molecule has 0 radical (unpaired) electrons. The molecule has 0 aliphatic rings. The zero-order valence-corrected chi connectivity index (χ0v) is 15.6. The summed E-state index contributed by atoms with van der Waals surface area (Å²) in [6.45, 7) is 4.60. The standard InChI is InChI=1S/C16H24N6OS/c1-12(2)22-16(17-18-19-22)24-11-15(23)21(5)10-13-6-8-14(9-7-13)20(3)4/h6-9,12H,10-11H2,1-5H3. The quantitative estimate of drug-likeness (QED) is 0.714. The molecule has 24 heavy (non-hydrogen) atoms. The van der Waals surface area contributed by atoms with Crippen LogP contribution in [0.4, 0.5) is 5.69 Å². The van der Waals surface area contributed by atoms with E-state index in [4.69, 9.17) is 0 Å². The summed E-state index contributed by atoms with van der Waals surface area (Å²) in [5.41, 5.74) is 2.25. The van der Waals surface area contributed by atoms with E-state index in [0.29, 0.717) is 17.5 Å². The maximum Gasteiger partial charge on any atom is 0.233 e. The molecule has 0 saturated carbocycles. The van der Waals surface area contributed by atoms with Crippen molar-refractivity contribution in [3.8, 4) is 0 Å². The zero-order chi connectivity index (χ0) is 17.7. The lowest BCUT2D eigenvalue weighted by Gasteiger charge is -2.18. The van der Waals surface area contributed by atoms with Crippen molar-refractivity contribution in [3.63, 3.8) is 0 Å². The minimum absolute atomic E-state index is 0.0509. The lowest BCUT2D eigenvalue weighted by molar-refractivity contribution is -0.127. The smallest absolute Gasteiger partial charge is 0.233 e. The molecule has 8 heteroatoms. The van der Waals surface area contributed by atoms with Gasteiger partial charge in [-0.1, -0.05) is 23.9 Å². The lowest BCUT2D eigenvalue weighted by Crippen LogP contribution is -2.28. The monoisotopic (exact) mass is 348 g/mol. The van der Waals surface area contributed by atoms with Crippen molar-refractivity contribution in [2.75, 3.05) is 31.8 Å². The number of aromatic nitrogens is 4. The average molecular weight is 348 g/mol. The van der Waals surface area contributed by atoms with Crippen LogP contribution in [0.5, 0.6) is 0 Å². The third-order valence-corrected chi connectivity index (χ3v) is 4.49. The molecule has 2 rings (SSSR count). The summed E-state index contributed by atoms with van der Waals surface area (Å²) in [4.78, 5) is 16.1. The van der Waals surface area contributed by atoms with E-state index in [9.17, 15) is 4.79 Å². The first-order valence-corrected chi connectivity index (χ1v) is 8.78. The predicted molar refractivity (Wildman–Crippen MR) is 96.2 cm³/mol. The molecular formula is C16H24N6OS. The summed E-state index contributed by atoms with van der Waals surface area (Å²) in [7, 11) is 5.83. The normalized spacial score (nSPS) is 10.9. The van der Waals surface area contributed by atoms with Gasteiger partial charge in [0, 0.05) is 33.4 Å². The summed E-state index contributed by atoms with van der Waals surface area (Å²) >= 11 is 1.36. The largest absolute Gasteiger partial charge is 0.378 e. The van der Waals surface area contributed by atoms with E-state index in [1.165, 1.54) is 11.8 Å². The molecule has 0 fully saturated rings. The van der Waals surface area contributed by atoms with Gasteiger partial charge in [-0.25, -0.2) is 4.68 Å². The maximum atomic E-state index is 12.3. The van der Waals surface area contributed by atoms with Crippen molar-refractivity contribution in [1.29, 1.82) is 0 Å². The van der Waals surface area contributed by atoms with Gasteiger partial charge in [-0.2, -0.15) is 0 Å². The number of amides is 1. The molecule has 0 saturated heterocycles. The van der Waals surface area contributed by atoms with Gasteiger partial charge in [0.1, 0.15) is 0 Å². The van der Waals surface area contributed by atoms with Crippen LogP contribution in [0.1, 0.15) is 25.5 Å². The van der Waals surface area contributed by atoms with Crippen molar-refractivity contribution >= 4 is 23.4 Å². The Bertz CT molecular complexity index is 667. The zero-order valence-electron chi connectivity index (χ0n) is 14.8. The Labute approximate surface area is 147 Å². The molecule has 7 nitrogen and oxygen atoms in total. The Hall–Kier alpha value is -2.09. The fourth-order valence-corrected chi connectivity index (χ4v) is 3.05. The summed E-state index contributed by atoms with van der Waals surface area (Å²) in [6.07, 6.45) is 0. The molecule has 1 amide bonds. The minimum Gasteiger partial charge on any atom is -0.378 e. The highest BCUT2D eigenvalue weighted by atomic mass is 32.2. The lowest BCUT2D eigenvalue weighted by atomic mass is 10.2. The minimum atomic E-state index is 0.0509. The highest BCUT2D eigenvalue weighted by molar-refractivity contribution is 7.99. The Kier molecular flexibility index (Phi) is 6.19. The van der Waals surface area contributed by atoms with E-state index in [2.05, 4.69) is 27.7 Å². The van der Waals surface area contributed by atoms with E-state index in [-0.39, 0.29) is 11.9 Å². The van der Waals surface area contributed by atoms with E-state index < -0.39 is 0 Å². The Morgan fingerprint density at radius 3 is 2.46 bits per heavy atom. The first kappa shape index (κ1) is 18.3. The van der Waals surface area contributed by atoms with Crippen LogP contribution in [-0.2, 0) is 11.3 Å². The van der Waals surface area contributed by atoms with Gasteiger partial charge >= 0.3 is 0 Å². The molecule has 0 atom stereocenters. The molecule has 130 valence electrons. The number of hydrogen-bond donors (Lipinski definition) is 0. The fraction of sp³-hybridized carbons (Fsp3) is 0.500. The van der Waals surface area contributed by atoms with Gasteiger partial charge in [-0.15, -0.1) is 5.10 Å². The van der Waals surface area contributed by atoms with Crippen LogP contribution in [0.3, 0.4) is 0 Å². The van der Waals surface area contributed by atoms with Gasteiger partial charge in [0.15, 0.2) is 0 Å². The van der Waals surface area contributed by atoms with Crippen molar-refractivity contribution in [3.05, 3.63) is 29.8 Å². The van der Waals surface area contributed by atoms with E-state index in [1.54, 1.807) is 9.58 Å². The molecule has 0 unspecified atom stereocenters. The summed E-state index contributed by atoms with van der Waals surface area (Å²) in [6, 6.07) is 8.38. The molecule has 1 aromatic carbocycles. The van der Waals surface area contributed by atoms with E-state index in [1.807, 2.05) is 52.0 Å². The van der Waals surface area contributed by atoms with Gasteiger partial charge in [0.05, 0.1) is 11.8 Å². The molecule has 0 bridgehead atoms. The number of thioether (sulfide) groups is 1. The van der Waals surface area contributed by atoms with Crippen LogP contribution < -0.4 is 4.90 Å². The van der Waals surface area contributed by atoms with Crippen LogP contribution >= 0.6 is 11.8 Å². The van der Waals surface area contributed by atoms with Crippen molar-refractivity contribution in [2.45, 2.75) is 31.6 Å². The molecular weight excluding hydrogens is 324 g/mol. The number of rotatable bonds is 7. The van der Waals surface area contributed by atoms with Gasteiger partial charge in [0.2, 0.25) is 11.1 Å². The van der Waals surface area contributed by atoms with Gasteiger partial charge in [-0.05, 0) is 42.0 Å². The topological polar surface area (TPSA) is 67.2 Å². The second-order valence-electron chi connectivity index (χ2n) is 6.10. The number of tetrazole rings is 1. The molecule has 2 aromatic rings. The van der Waals surface area contributed by atoms with Crippen LogP contribution in [0, 0.1) is 0 Å². The summed E-state index contributed by atoms with van der Waals surface area (Å²) < 4.78 is 1.72. The van der Waals surface area contributed by atoms with Crippen molar-refractivity contribution in [1.82, 2.24) is 25.1 Å². The number of carbonyl (C=O) groups is 1. The number of carbonyl (C=O) groups excluding carboxylic acids is 1. The number of hydrogen-bond acceptors (Lipinski definition) is 6. The molecule has 0 aliphatic carbocycles. The third kappa shape index (κ3) is 4.70. The number of benzene rings is 1. The molecule has 0 spiro atoms. The van der Waals surface area contributed by atoms with Crippen LogP contribution in [-0.4, -0.2) is 57.9 Å². The second kappa shape index (κ2) is 8.14. The third-order valence-electron chi connectivity index (χ3n) is 3.57. The highest BCUT2D eigenvalue weighted by Crippen LogP contribution is 2.18. The maximum absolute atomic E-state index is 12.3. The highest BCUT2D eigenvalue weighted by Gasteiger charge is 2.14. The second-order valence-corrected chi connectivity index (χ2v) is 7.04. The first-order valence-electron chi connectivity index (χ1n) is 7.79. The molecule has 0 aliphatic heterocycles. The first-order chi connectivity index (χ1) is 11.4. The van der Waals surface area contributed by atoms with Crippen LogP contribution in [0.15, 0.2) is 29.4 Å². The van der Waals surface area contributed by atoms with E-state index >= 15 is 0 Å². The van der Waals surface area contributed by atoms with Gasteiger partial charge in [-0.3, -0.25) is 4.79 Å². The van der Waals surface area contributed by atoms with Crippen molar-refractivity contribution < 1.29 is 4.79 Å². The Balaban J connectivity index is 1.89. The number of anilines is 1. The fourth-order valence-electron chi connectivity index (χ4n) is 2.10. The molecule has 1 aromatic heterocycles.